The minimum Gasteiger partial charge on any atom is -0.455 e. The van der Waals surface area contributed by atoms with E-state index >= 15 is 0 Å². The van der Waals surface area contributed by atoms with E-state index in [1.54, 1.807) is 12.3 Å². The van der Waals surface area contributed by atoms with Gasteiger partial charge in [0.25, 0.3) is 5.91 Å². The van der Waals surface area contributed by atoms with Crippen molar-refractivity contribution in [1.29, 1.82) is 0 Å². The van der Waals surface area contributed by atoms with Gasteiger partial charge in [0, 0.05) is 13.1 Å². The monoisotopic (exact) mass is 387 g/mol. The number of hydrogen-bond donors (Lipinski definition) is 1. The number of nitrogens with zero attached hydrogens (tertiary/aromatic N) is 2. The van der Waals surface area contributed by atoms with Crippen LogP contribution in [0.1, 0.15) is 30.3 Å². The SMILES string of the molecule is CC1CCCN(c2ccc(C(=O)Nc3ccccc3Oc3ccccc3)nc2)C1. The van der Waals surface area contributed by atoms with Gasteiger partial charge in [0.2, 0.25) is 0 Å². The Morgan fingerprint density at radius 2 is 1.86 bits per heavy atom. The molecule has 1 N–H and O–H groups in total. The van der Waals surface area contributed by atoms with Gasteiger partial charge in [-0.1, -0.05) is 37.3 Å². The highest BCUT2D eigenvalue weighted by atomic mass is 16.5. The number of aromatic nitrogens is 1. The third-order valence-electron chi connectivity index (χ3n) is 5.11. The second-order valence-corrected chi connectivity index (χ2v) is 7.46. The highest BCUT2D eigenvalue weighted by molar-refractivity contribution is 6.03. The molecular formula is C24H25N3O2. The van der Waals surface area contributed by atoms with Crippen LogP contribution in [-0.4, -0.2) is 24.0 Å². The van der Waals surface area contributed by atoms with Crippen molar-refractivity contribution in [1.82, 2.24) is 4.98 Å². The van der Waals surface area contributed by atoms with Crippen molar-refractivity contribution in [2.24, 2.45) is 5.92 Å². The van der Waals surface area contributed by atoms with Gasteiger partial charge in [-0.15, -0.1) is 0 Å². The van der Waals surface area contributed by atoms with Crippen LogP contribution in [0.4, 0.5) is 11.4 Å². The van der Waals surface area contributed by atoms with Crippen molar-refractivity contribution in [3.8, 4) is 11.5 Å². The maximum absolute atomic E-state index is 12.7. The topological polar surface area (TPSA) is 54.5 Å². The van der Waals surface area contributed by atoms with Gasteiger partial charge in [0.1, 0.15) is 11.4 Å². The number of amides is 1. The summed E-state index contributed by atoms with van der Waals surface area (Å²) in [7, 11) is 0. The zero-order valence-electron chi connectivity index (χ0n) is 16.5. The Kier molecular flexibility index (Phi) is 5.75. The number of ether oxygens (including phenoxy) is 1. The first-order valence-corrected chi connectivity index (χ1v) is 10.0. The molecule has 2 heterocycles. The zero-order chi connectivity index (χ0) is 20.1. The Morgan fingerprint density at radius 3 is 2.62 bits per heavy atom. The van der Waals surface area contributed by atoms with Crippen LogP contribution < -0.4 is 15.0 Å². The standard InChI is InChI=1S/C24H25N3O2/c1-18-8-7-15-27(17-18)19-13-14-22(25-16-19)24(28)26-21-11-5-6-12-23(21)29-20-9-3-2-4-10-20/h2-6,9-14,16,18H,7-8,15,17H2,1H3,(H,26,28). The predicted molar refractivity (Wildman–Crippen MR) is 116 cm³/mol. The lowest BCUT2D eigenvalue weighted by Gasteiger charge is -2.32. The second kappa shape index (κ2) is 8.78. The Bertz CT molecular complexity index is 957. The van der Waals surface area contributed by atoms with Crippen molar-refractivity contribution >= 4 is 17.3 Å². The number of para-hydroxylation sites is 3. The van der Waals surface area contributed by atoms with Gasteiger partial charge in [-0.3, -0.25) is 4.79 Å². The summed E-state index contributed by atoms with van der Waals surface area (Å²) in [5.41, 5.74) is 2.06. The minimum atomic E-state index is -0.257. The van der Waals surface area contributed by atoms with Gasteiger partial charge < -0.3 is 15.0 Å². The smallest absolute Gasteiger partial charge is 0.274 e. The van der Waals surface area contributed by atoms with E-state index in [1.165, 1.54) is 12.8 Å². The molecule has 2 aromatic carbocycles. The lowest BCUT2D eigenvalue weighted by Crippen LogP contribution is -2.34. The van der Waals surface area contributed by atoms with Crippen LogP contribution in [0.2, 0.25) is 0 Å². The van der Waals surface area contributed by atoms with E-state index < -0.39 is 0 Å². The summed E-state index contributed by atoms with van der Waals surface area (Å²) in [6.45, 7) is 4.36. The highest BCUT2D eigenvalue weighted by Gasteiger charge is 2.18. The van der Waals surface area contributed by atoms with E-state index in [2.05, 4.69) is 22.1 Å². The molecule has 1 atom stereocenters. The highest BCUT2D eigenvalue weighted by Crippen LogP contribution is 2.29. The number of rotatable bonds is 5. The lowest BCUT2D eigenvalue weighted by molar-refractivity contribution is 0.102. The van der Waals surface area contributed by atoms with Crippen molar-refractivity contribution in [2.75, 3.05) is 23.3 Å². The van der Waals surface area contributed by atoms with Crippen molar-refractivity contribution in [3.63, 3.8) is 0 Å². The Balaban J connectivity index is 1.46. The summed E-state index contributed by atoms with van der Waals surface area (Å²) in [4.78, 5) is 19.4. The Hall–Kier alpha value is -3.34. The quantitative estimate of drug-likeness (QED) is 0.640. The van der Waals surface area contributed by atoms with E-state index in [0.29, 0.717) is 28.8 Å². The molecule has 3 aromatic rings. The molecule has 5 heteroatoms. The average molecular weight is 387 g/mol. The molecule has 0 aliphatic carbocycles. The van der Waals surface area contributed by atoms with E-state index in [4.69, 9.17) is 4.74 Å². The van der Waals surface area contributed by atoms with Crippen LogP contribution >= 0.6 is 0 Å². The van der Waals surface area contributed by atoms with Crippen LogP contribution in [0.5, 0.6) is 11.5 Å². The molecule has 1 fully saturated rings. The van der Waals surface area contributed by atoms with Gasteiger partial charge in [0.15, 0.2) is 5.75 Å². The third kappa shape index (κ3) is 4.74. The molecule has 148 valence electrons. The summed E-state index contributed by atoms with van der Waals surface area (Å²) < 4.78 is 5.91. The summed E-state index contributed by atoms with van der Waals surface area (Å²) in [5, 5.41) is 2.91. The predicted octanol–water partition coefficient (Wildman–Crippen LogP) is 5.36. The summed E-state index contributed by atoms with van der Waals surface area (Å²) in [5.74, 6) is 1.74. The largest absolute Gasteiger partial charge is 0.455 e. The van der Waals surface area contributed by atoms with Gasteiger partial charge in [-0.2, -0.15) is 0 Å². The van der Waals surface area contributed by atoms with Crippen LogP contribution in [0.3, 0.4) is 0 Å². The van der Waals surface area contributed by atoms with E-state index in [9.17, 15) is 4.79 Å². The van der Waals surface area contributed by atoms with Crippen LogP contribution in [0.25, 0.3) is 0 Å². The number of hydrogen-bond acceptors (Lipinski definition) is 4. The van der Waals surface area contributed by atoms with E-state index in [-0.39, 0.29) is 5.91 Å². The Labute approximate surface area is 171 Å². The van der Waals surface area contributed by atoms with E-state index in [0.717, 1.165) is 18.8 Å². The maximum Gasteiger partial charge on any atom is 0.274 e. The lowest BCUT2D eigenvalue weighted by atomic mass is 10.00. The number of carbonyl (C=O) groups is 1. The molecule has 0 bridgehead atoms. The average Bonchev–Trinajstić information content (AvgIpc) is 2.76. The number of pyridine rings is 1. The molecule has 0 spiro atoms. The molecule has 5 nitrogen and oxygen atoms in total. The first-order chi connectivity index (χ1) is 14.2. The fraction of sp³-hybridized carbons (Fsp3) is 0.250. The normalized spacial score (nSPS) is 16.3. The second-order valence-electron chi connectivity index (χ2n) is 7.46. The zero-order valence-corrected chi connectivity index (χ0v) is 16.5. The fourth-order valence-electron chi connectivity index (χ4n) is 3.59. The van der Waals surface area contributed by atoms with Gasteiger partial charge in [-0.25, -0.2) is 4.98 Å². The van der Waals surface area contributed by atoms with Crippen LogP contribution in [0.15, 0.2) is 72.9 Å². The number of benzene rings is 2. The molecule has 29 heavy (non-hydrogen) atoms. The number of nitrogens with one attached hydrogen (secondary N) is 1. The van der Waals surface area contributed by atoms with Crippen molar-refractivity contribution in [2.45, 2.75) is 19.8 Å². The third-order valence-corrected chi connectivity index (χ3v) is 5.11. The molecule has 1 aliphatic heterocycles. The molecule has 1 saturated heterocycles. The van der Waals surface area contributed by atoms with Gasteiger partial charge >= 0.3 is 0 Å². The molecule has 1 aromatic heterocycles. The maximum atomic E-state index is 12.7. The first kappa shape index (κ1) is 19.0. The van der Waals surface area contributed by atoms with Crippen molar-refractivity contribution < 1.29 is 9.53 Å². The molecular weight excluding hydrogens is 362 g/mol. The summed E-state index contributed by atoms with van der Waals surface area (Å²) in [6.07, 6.45) is 4.26. The molecule has 1 amide bonds. The molecule has 0 saturated carbocycles. The Morgan fingerprint density at radius 1 is 1.07 bits per heavy atom. The fourth-order valence-corrected chi connectivity index (χ4v) is 3.59. The number of piperidine rings is 1. The summed E-state index contributed by atoms with van der Waals surface area (Å²) in [6, 6.07) is 20.6. The summed E-state index contributed by atoms with van der Waals surface area (Å²) >= 11 is 0. The molecule has 1 unspecified atom stereocenters. The number of anilines is 2. The first-order valence-electron chi connectivity index (χ1n) is 10.0. The van der Waals surface area contributed by atoms with Crippen molar-refractivity contribution in [3.05, 3.63) is 78.6 Å². The minimum absolute atomic E-state index is 0.257. The van der Waals surface area contributed by atoms with Gasteiger partial charge in [-0.05, 0) is 55.2 Å². The van der Waals surface area contributed by atoms with Crippen LogP contribution in [0, 0.1) is 5.92 Å². The molecule has 1 aliphatic rings. The van der Waals surface area contributed by atoms with Crippen LogP contribution in [-0.2, 0) is 0 Å². The van der Waals surface area contributed by atoms with Gasteiger partial charge in [0.05, 0.1) is 17.6 Å². The number of carbonyl (C=O) groups excluding carboxylic acids is 1. The van der Waals surface area contributed by atoms with E-state index in [1.807, 2.05) is 60.7 Å². The molecule has 0 radical (unpaired) electrons. The molecule has 4 rings (SSSR count).